The third-order valence-corrected chi connectivity index (χ3v) is 3.82. The van der Waals surface area contributed by atoms with Gasteiger partial charge in [-0.2, -0.15) is 0 Å². The Hall–Kier alpha value is -2.60. The van der Waals surface area contributed by atoms with Crippen LogP contribution in [0.4, 0.5) is 10.1 Å². The van der Waals surface area contributed by atoms with E-state index in [-0.39, 0.29) is 11.7 Å². The number of benzene rings is 2. The highest BCUT2D eigenvalue weighted by molar-refractivity contribution is 5.91. The van der Waals surface area contributed by atoms with Gasteiger partial charge in [0.1, 0.15) is 30.5 Å². The lowest BCUT2D eigenvalue weighted by Crippen LogP contribution is -3.13. The van der Waals surface area contributed by atoms with Crippen LogP contribution >= 0.6 is 0 Å². The molecule has 5 nitrogen and oxygen atoms in total. The van der Waals surface area contributed by atoms with Crippen LogP contribution in [-0.2, 0) is 4.79 Å². The maximum atomic E-state index is 12.8. The molecule has 0 heterocycles. The van der Waals surface area contributed by atoms with Gasteiger partial charge in [-0.05, 0) is 55.5 Å². The Morgan fingerprint density at radius 1 is 1.08 bits per heavy atom. The molecule has 0 aliphatic heterocycles. The first-order valence-electron chi connectivity index (χ1n) is 8.26. The number of quaternary nitrogens is 1. The topological polar surface area (TPSA) is 52.0 Å². The first-order chi connectivity index (χ1) is 12.1. The normalized spacial score (nSPS) is 11.6. The Kier molecular flexibility index (Phi) is 7.22. The van der Waals surface area contributed by atoms with Crippen LogP contribution in [0.2, 0.25) is 0 Å². The van der Waals surface area contributed by atoms with Crippen molar-refractivity contribution in [3.05, 3.63) is 54.3 Å². The number of methoxy groups -OCH3 is 1. The molecule has 0 radical (unpaired) electrons. The fourth-order valence-electron chi connectivity index (χ4n) is 2.34. The smallest absolute Gasteiger partial charge is 0.279 e. The first kappa shape index (κ1) is 18.7. The average Bonchev–Trinajstić information content (AvgIpc) is 2.63. The number of carbonyl (C=O) groups excluding carboxylic acids is 1. The van der Waals surface area contributed by atoms with Gasteiger partial charge in [-0.25, -0.2) is 4.39 Å². The summed E-state index contributed by atoms with van der Waals surface area (Å²) >= 11 is 0. The molecule has 0 bridgehead atoms. The maximum Gasteiger partial charge on any atom is 0.279 e. The molecule has 0 aromatic heterocycles. The summed E-state index contributed by atoms with van der Waals surface area (Å²) in [6.07, 6.45) is 0. The van der Waals surface area contributed by atoms with Gasteiger partial charge in [0.05, 0.1) is 13.7 Å². The number of ether oxygens (including phenoxy) is 2. The van der Waals surface area contributed by atoms with Crippen LogP contribution in [0.15, 0.2) is 48.5 Å². The second-order valence-electron chi connectivity index (χ2n) is 5.61. The Bertz CT molecular complexity index is 659. The van der Waals surface area contributed by atoms with Crippen LogP contribution < -0.4 is 19.7 Å². The molecule has 2 aromatic carbocycles. The molecular formula is C19H24FN2O3+. The number of hydrogen-bond donors (Lipinski definition) is 2. The summed E-state index contributed by atoms with van der Waals surface area (Å²) in [5.74, 6) is 1.03. The van der Waals surface area contributed by atoms with E-state index in [4.69, 9.17) is 9.47 Å². The van der Waals surface area contributed by atoms with Crippen molar-refractivity contribution in [2.75, 3.05) is 38.7 Å². The van der Waals surface area contributed by atoms with E-state index < -0.39 is 0 Å². The van der Waals surface area contributed by atoms with E-state index >= 15 is 0 Å². The lowest BCUT2D eigenvalue weighted by molar-refractivity contribution is -0.889. The number of rotatable bonds is 9. The molecule has 1 atom stereocenters. The summed E-state index contributed by atoms with van der Waals surface area (Å²) in [6.45, 7) is 4.33. The van der Waals surface area contributed by atoms with Gasteiger partial charge in [0.2, 0.25) is 0 Å². The van der Waals surface area contributed by atoms with Crippen LogP contribution in [0.5, 0.6) is 11.5 Å². The summed E-state index contributed by atoms with van der Waals surface area (Å²) < 4.78 is 23.5. The van der Waals surface area contributed by atoms with Gasteiger partial charge < -0.3 is 19.7 Å². The van der Waals surface area contributed by atoms with Gasteiger partial charge in [-0.3, -0.25) is 4.79 Å². The minimum absolute atomic E-state index is 0.0520. The van der Waals surface area contributed by atoms with Gasteiger partial charge in [0, 0.05) is 5.69 Å². The molecule has 0 fully saturated rings. The molecule has 1 unspecified atom stereocenters. The van der Waals surface area contributed by atoms with Gasteiger partial charge in [0.25, 0.3) is 5.91 Å². The Morgan fingerprint density at radius 3 is 2.32 bits per heavy atom. The summed E-state index contributed by atoms with van der Waals surface area (Å²) in [6, 6.07) is 13.1. The number of halogens is 1. The summed E-state index contributed by atoms with van der Waals surface area (Å²) in [5.41, 5.74) is 0.740. The molecule has 25 heavy (non-hydrogen) atoms. The van der Waals surface area contributed by atoms with Gasteiger partial charge in [-0.15, -0.1) is 0 Å². The van der Waals surface area contributed by atoms with E-state index in [1.807, 2.05) is 6.92 Å². The standard InChI is InChI=1S/C19H23FN2O3/c1-3-22(12-13-25-18-8-4-15(20)5-9-18)14-19(23)21-16-6-10-17(24-2)11-7-16/h4-11H,3,12-14H2,1-2H3,(H,21,23)/p+1. The van der Waals surface area contributed by atoms with Crippen molar-refractivity contribution in [3.63, 3.8) is 0 Å². The molecule has 134 valence electrons. The zero-order valence-electron chi connectivity index (χ0n) is 14.5. The number of hydrogen-bond acceptors (Lipinski definition) is 3. The predicted molar refractivity (Wildman–Crippen MR) is 94.8 cm³/mol. The van der Waals surface area contributed by atoms with Crippen molar-refractivity contribution in [2.24, 2.45) is 0 Å². The minimum atomic E-state index is -0.289. The Balaban J connectivity index is 1.75. The molecule has 0 saturated carbocycles. The highest BCUT2D eigenvalue weighted by Gasteiger charge is 2.13. The van der Waals surface area contributed by atoms with E-state index in [0.717, 1.165) is 22.9 Å². The van der Waals surface area contributed by atoms with Crippen LogP contribution in [-0.4, -0.2) is 39.3 Å². The van der Waals surface area contributed by atoms with Crippen LogP contribution in [0.3, 0.4) is 0 Å². The number of anilines is 1. The molecule has 2 rings (SSSR count). The fourth-order valence-corrected chi connectivity index (χ4v) is 2.34. The van der Waals surface area contributed by atoms with Crippen LogP contribution in [0.25, 0.3) is 0 Å². The van der Waals surface area contributed by atoms with Crippen molar-refractivity contribution < 1.29 is 23.6 Å². The van der Waals surface area contributed by atoms with E-state index in [2.05, 4.69) is 5.32 Å². The Labute approximate surface area is 147 Å². The monoisotopic (exact) mass is 347 g/mol. The number of nitrogens with one attached hydrogen (secondary N) is 2. The SMILES string of the molecule is CC[NH+](CCOc1ccc(F)cc1)CC(=O)Nc1ccc(OC)cc1. The van der Waals surface area contributed by atoms with E-state index in [0.29, 0.717) is 25.4 Å². The molecule has 6 heteroatoms. The zero-order chi connectivity index (χ0) is 18.1. The van der Waals surface area contributed by atoms with Crippen molar-refractivity contribution >= 4 is 11.6 Å². The molecule has 2 N–H and O–H groups in total. The quantitative estimate of drug-likeness (QED) is 0.727. The first-order valence-corrected chi connectivity index (χ1v) is 8.26. The van der Waals surface area contributed by atoms with E-state index in [1.54, 1.807) is 43.5 Å². The second kappa shape index (κ2) is 9.64. The predicted octanol–water partition coefficient (Wildman–Crippen LogP) is 1.76. The van der Waals surface area contributed by atoms with Crippen molar-refractivity contribution in [2.45, 2.75) is 6.92 Å². The highest BCUT2D eigenvalue weighted by Crippen LogP contribution is 2.14. The molecule has 0 aliphatic rings. The third kappa shape index (κ3) is 6.43. The average molecular weight is 347 g/mol. The lowest BCUT2D eigenvalue weighted by atomic mass is 10.3. The highest BCUT2D eigenvalue weighted by atomic mass is 19.1. The Morgan fingerprint density at radius 2 is 1.72 bits per heavy atom. The second-order valence-corrected chi connectivity index (χ2v) is 5.61. The van der Waals surface area contributed by atoms with Crippen LogP contribution in [0, 0.1) is 5.82 Å². The number of likely N-dealkylation sites (N-methyl/N-ethyl adjacent to an activating group) is 1. The summed E-state index contributed by atoms with van der Waals surface area (Å²) in [5, 5.41) is 2.87. The van der Waals surface area contributed by atoms with E-state index in [1.165, 1.54) is 12.1 Å². The zero-order valence-corrected chi connectivity index (χ0v) is 14.5. The van der Waals surface area contributed by atoms with E-state index in [9.17, 15) is 9.18 Å². The number of carbonyl (C=O) groups is 1. The molecule has 0 saturated heterocycles. The summed E-state index contributed by atoms with van der Waals surface area (Å²) in [4.78, 5) is 13.3. The fraction of sp³-hybridized carbons (Fsp3) is 0.316. The van der Waals surface area contributed by atoms with Gasteiger partial charge in [-0.1, -0.05) is 0 Å². The molecular weight excluding hydrogens is 323 g/mol. The molecule has 2 aromatic rings. The van der Waals surface area contributed by atoms with Crippen LogP contribution in [0.1, 0.15) is 6.92 Å². The van der Waals surface area contributed by atoms with Crippen molar-refractivity contribution in [1.29, 1.82) is 0 Å². The van der Waals surface area contributed by atoms with Gasteiger partial charge in [0.15, 0.2) is 6.54 Å². The third-order valence-electron chi connectivity index (χ3n) is 3.82. The lowest BCUT2D eigenvalue weighted by Gasteiger charge is -2.17. The summed E-state index contributed by atoms with van der Waals surface area (Å²) in [7, 11) is 1.60. The van der Waals surface area contributed by atoms with Gasteiger partial charge >= 0.3 is 0 Å². The molecule has 1 amide bonds. The minimum Gasteiger partial charge on any atom is -0.497 e. The largest absolute Gasteiger partial charge is 0.497 e. The maximum absolute atomic E-state index is 12.8. The number of amides is 1. The molecule has 0 aliphatic carbocycles. The van der Waals surface area contributed by atoms with Crippen molar-refractivity contribution in [1.82, 2.24) is 0 Å². The van der Waals surface area contributed by atoms with Crippen molar-refractivity contribution in [3.8, 4) is 11.5 Å². The molecule has 0 spiro atoms.